The summed E-state index contributed by atoms with van der Waals surface area (Å²) in [7, 11) is 1.42. The van der Waals surface area contributed by atoms with E-state index < -0.39 is 38.6 Å². The maximum Gasteiger partial charge on any atom is 0.472 e. The Balaban J connectivity index is 4.47. The number of hydrogen-bond donors (Lipinski definition) is 2. The van der Waals surface area contributed by atoms with Crippen LogP contribution in [0.3, 0.4) is 0 Å². The second-order valence-corrected chi connectivity index (χ2v) is 16.7. The molecule has 0 aliphatic carbocycles. The summed E-state index contributed by atoms with van der Waals surface area (Å²) in [5.41, 5.74) is 0. The quantitative estimate of drug-likeness (QED) is 0.0158. The van der Waals surface area contributed by atoms with Crippen molar-refractivity contribution >= 4 is 19.8 Å². The second-order valence-electron chi connectivity index (χ2n) is 15.2. The highest BCUT2D eigenvalue weighted by Crippen LogP contribution is 2.43. The standard InChI is InChI=1S/C42H78NO9P/c1-6-8-10-12-14-15-16-17-18-19-21-25-30-34-42(46)52-40(38-51-53(47,48)50-36-35-43(3,4)5)37-49-41(45)33-29-26-22-24-28-32-39(44)31-27-23-20-13-11-9-7-2/h9,11,20,23,27,31,39-40,44H,6-8,10,12-19,21-22,24-26,28-30,32-38H2,1-5H3/p+1/b11-9+,23-20+,31-27+/t39?,40-/m1/s1. The molecule has 3 atom stereocenters. The lowest BCUT2D eigenvalue weighted by atomic mass is 10.0. The summed E-state index contributed by atoms with van der Waals surface area (Å²) >= 11 is 0. The number of esters is 2. The van der Waals surface area contributed by atoms with Crippen molar-refractivity contribution in [2.45, 2.75) is 174 Å². The van der Waals surface area contributed by atoms with Crippen molar-refractivity contribution in [2.24, 2.45) is 0 Å². The van der Waals surface area contributed by atoms with Crippen LogP contribution in [0.5, 0.6) is 0 Å². The molecule has 0 saturated heterocycles. The van der Waals surface area contributed by atoms with E-state index >= 15 is 0 Å². The molecule has 2 unspecified atom stereocenters. The van der Waals surface area contributed by atoms with Gasteiger partial charge in [-0.2, -0.15) is 0 Å². The first kappa shape index (κ1) is 51.2. The number of unbranched alkanes of at least 4 members (excludes halogenated alkanes) is 16. The van der Waals surface area contributed by atoms with Crippen molar-refractivity contribution in [1.82, 2.24) is 0 Å². The third kappa shape index (κ3) is 38.3. The number of likely N-dealkylation sites (N-methyl/N-ethyl adjacent to an activating group) is 1. The van der Waals surface area contributed by atoms with Crippen LogP contribution in [-0.2, 0) is 32.7 Å². The van der Waals surface area contributed by atoms with E-state index in [9.17, 15) is 24.2 Å². The lowest BCUT2D eigenvalue weighted by molar-refractivity contribution is -0.870. The third-order valence-electron chi connectivity index (χ3n) is 8.79. The first-order chi connectivity index (χ1) is 25.4. The van der Waals surface area contributed by atoms with Crippen LogP contribution in [0.2, 0.25) is 0 Å². The van der Waals surface area contributed by atoms with E-state index in [1.54, 1.807) is 0 Å². The third-order valence-corrected chi connectivity index (χ3v) is 9.77. The first-order valence-electron chi connectivity index (χ1n) is 20.8. The number of ether oxygens (including phenoxy) is 2. The lowest BCUT2D eigenvalue weighted by Crippen LogP contribution is -2.37. The van der Waals surface area contributed by atoms with Crippen LogP contribution >= 0.6 is 7.82 Å². The van der Waals surface area contributed by atoms with Crippen molar-refractivity contribution < 1.29 is 47.2 Å². The number of rotatable bonds is 37. The Morgan fingerprint density at radius 1 is 0.679 bits per heavy atom. The normalized spacial score (nSPS) is 14.6. The highest BCUT2D eigenvalue weighted by Gasteiger charge is 2.27. The van der Waals surface area contributed by atoms with E-state index in [1.807, 2.05) is 39.4 Å². The molecule has 0 aromatic carbocycles. The molecule has 0 aliphatic heterocycles. The fraction of sp³-hybridized carbons (Fsp3) is 0.810. The highest BCUT2D eigenvalue weighted by atomic mass is 31.2. The Hall–Kier alpha value is -1.81. The molecule has 0 radical (unpaired) electrons. The van der Waals surface area contributed by atoms with E-state index in [2.05, 4.69) is 32.1 Å². The zero-order chi connectivity index (χ0) is 39.5. The number of carbonyl (C=O) groups is 2. The maximum atomic E-state index is 12.6. The molecular formula is C42H79NO9P+. The van der Waals surface area contributed by atoms with Crippen molar-refractivity contribution in [3.8, 4) is 0 Å². The summed E-state index contributed by atoms with van der Waals surface area (Å²) in [6, 6.07) is 0. The number of allylic oxidation sites excluding steroid dienone is 5. The van der Waals surface area contributed by atoms with Gasteiger partial charge in [0.2, 0.25) is 0 Å². The average Bonchev–Trinajstić information content (AvgIpc) is 3.10. The Morgan fingerprint density at radius 2 is 1.23 bits per heavy atom. The largest absolute Gasteiger partial charge is 0.472 e. The van der Waals surface area contributed by atoms with Gasteiger partial charge in [-0.25, -0.2) is 4.57 Å². The Bertz CT molecular complexity index is 1020. The SMILES string of the molecule is CC/C=C/C/C=C/C=C/C(O)CCCCCCCC(=O)OC[C@H](COP(=O)(O)OCC[N+](C)(C)C)OC(=O)CCCCCCCCCCCCCCC. The minimum absolute atomic E-state index is 0.0163. The minimum atomic E-state index is -4.39. The summed E-state index contributed by atoms with van der Waals surface area (Å²) in [6.45, 7) is 4.17. The van der Waals surface area contributed by atoms with Crippen LogP contribution in [0, 0.1) is 0 Å². The predicted molar refractivity (Wildman–Crippen MR) is 216 cm³/mol. The monoisotopic (exact) mass is 773 g/mol. The van der Waals surface area contributed by atoms with E-state index in [0.717, 1.165) is 57.8 Å². The van der Waals surface area contributed by atoms with Gasteiger partial charge in [0.05, 0.1) is 33.9 Å². The number of quaternary nitrogens is 1. The summed E-state index contributed by atoms with van der Waals surface area (Å²) in [5, 5.41) is 10.1. The van der Waals surface area contributed by atoms with Gasteiger partial charge in [-0.15, -0.1) is 0 Å². The molecule has 0 aliphatic rings. The van der Waals surface area contributed by atoms with Gasteiger partial charge < -0.3 is 24.0 Å². The highest BCUT2D eigenvalue weighted by molar-refractivity contribution is 7.47. The zero-order valence-electron chi connectivity index (χ0n) is 34.4. The van der Waals surface area contributed by atoms with Gasteiger partial charge in [-0.3, -0.25) is 18.6 Å². The Labute approximate surface area is 324 Å². The fourth-order valence-corrected chi connectivity index (χ4v) is 6.23. The molecule has 0 amide bonds. The molecule has 0 aromatic heterocycles. The van der Waals surface area contributed by atoms with E-state index in [-0.39, 0.29) is 26.1 Å². The van der Waals surface area contributed by atoms with Gasteiger partial charge >= 0.3 is 19.8 Å². The lowest BCUT2D eigenvalue weighted by Gasteiger charge is -2.24. The molecule has 0 rings (SSSR count). The molecule has 53 heavy (non-hydrogen) atoms. The number of aliphatic hydroxyl groups excluding tert-OH is 1. The first-order valence-corrected chi connectivity index (χ1v) is 22.3. The molecule has 0 saturated carbocycles. The van der Waals surface area contributed by atoms with Crippen molar-refractivity contribution in [3.05, 3.63) is 36.5 Å². The van der Waals surface area contributed by atoms with Gasteiger partial charge in [-0.1, -0.05) is 153 Å². The number of nitrogens with zero attached hydrogens (tertiary/aromatic N) is 1. The van der Waals surface area contributed by atoms with Gasteiger partial charge in [0.25, 0.3) is 0 Å². The number of carbonyl (C=O) groups excluding carboxylic acids is 2. The molecule has 0 fully saturated rings. The molecule has 310 valence electrons. The predicted octanol–water partition coefficient (Wildman–Crippen LogP) is 10.3. The van der Waals surface area contributed by atoms with Gasteiger partial charge in [0.15, 0.2) is 6.10 Å². The van der Waals surface area contributed by atoms with Gasteiger partial charge in [0.1, 0.15) is 19.8 Å². The van der Waals surface area contributed by atoms with E-state index in [1.165, 1.54) is 57.8 Å². The smallest absolute Gasteiger partial charge is 0.462 e. The summed E-state index contributed by atoms with van der Waals surface area (Å²) in [4.78, 5) is 35.3. The van der Waals surface area contributed by atoms with Gasteiger partial charge in [-0.05, 0) is 32.1 Å². The Morgan fingerprint density at radius 3 is 1.79 bits per heavy atom. The molecule has 0 bridgehead atoms. The second kappa shape index (κ2) is 34.7. The molecule has 0 aromatic rings. The molecule has 2 N–H and O–H groups in total. The number of aliphatic hydroxyl groups is 1. The van der Waals surface area contributed by atoms with E-state index in [4.69, 9.17) is 18.5 Å². The number of phosphoric acid groups is 1. The average molecular weight is 773 g/mol. The summed E-state index contributed by atoms with van der Waals surface area (Å²) in [6.07, 6.45) is 33.5. The summed E-state index contributed by atoms with van der Waals surface area (Å²) in [5.74, 6) is -0.874. The van der Waals surface area contributed by atoms with Crippen LogP contribution in [-0.4, -0.2) is 86.1 Å². The van der Waals surface area contributed by atoms with Crippen LogP contribution in [0.25, 0.3) is 0 Å². The van der Waals surface area contributed by atoms with Crippen LogP contribution in [0.4, 0.5) is 0 Å². The number of hydrogen-bond acceptors (Lipinski definition) is 8. The van der Waals surface area contributed by atoms with Gasteiger partial charge in [0, 0.05) is 12.8 Å². The van der Waals surface area contributed by atoms with Crippen molar-refractivity contribution in [2.75, 3.05) is 47.5 Å². The molecule has 11 heteroatoms. The van der Waals surface area contributed by atoms with Crippen molar-refractivity contribution in [1.29, 1.82) is 0 Å². The fourth-order valence-electron chi connectivity index (χ4n) is 5.49. The number of phosphoric ester groups is 1. The summed E-state index contributed by atoms with van der Waals surface area (Å²) < 4.78 is 34.2. The topological polar surface area (TPSA) is 129 Å². The molecule has 0 heterocycles. The van der Waals surface area contributed by atoms with Crippen molar-refractivity contribution in [3.63, 3.8) is 0 Å². The minimum Gasteiger partial charge on any atom is -0.462 e. The maximum absolute atomic E-state index is 12.6. The van der Waals surface area contributed by atoms with Crippen LogP contribution < -0.4 is 0 Å². The zero-order valence-corrected chi connectivity index (χ0v) is 35.3. The molecule has 0 spiro atoms. The van der Waals surface area contributed by atoms with E-state index in [0.29, 0.717) is 30.3 Å². The van der Waals surface area contributed by atoms with Crippen LogP contribution in [0.1, 0.15) is 162 Å². The van der Waals surface area contributed by atoms with Crippen LogP contribution in [0.15, 0.2) is 36.5 Å². The molecule has 10 nitrogen and oxygen atoms in total. The molecular weight excluding hydrogens is 693 g/mol. The Kier molecular flexibility index (Phi) is 33.5.